The van der Waals surface area contributed by atoms with Crippen LogP contribution in [0.3, 0.4) is 0 Å². The number of H-pyrrole nitrogens is 1. The number of aromatic amines is 1. The molecule has 0 bridgehead atoms. The predicted molar refractivity (Wildman–Crippen MR) is 169 cm³/mol. The molecule has 49 heavy (non-hydrogen) atoms. The van der Waals surface area contributed by atoms with Crippen LogP contribution in [0.4, 0.5) is 24.8 Å². The highest BCUT2D eigenvalue weighted by Crippen LogP contribution is 2.44. The second-order valence-corrected chi connectivity index (χ2v) is 14.8. The van der Waals surface area contributed by atoms with E-state index in [0.29, 0.717) is 47.1 Å². The number of halogens is 3. The molecule has 1 atom stereocenters. The number of nitrogens with zero attached hydrogens (tertiary/aromatic N) is 5. The van der Waals surface area contributed by atoms with Crippen LogP contribution in [0.1, 0.15) is 48.1 Å². The first kappa shape index (κ1) is 36.9. The second-order valence-electron chi connectivity index (χ2n) is 12.5. The first-order chi connectivity index (χ1) is 23.0. The van der Waals surface area contributed by atoms with Gasteiger partial charge in [-0.25, -0.2) is 27.7 Å². The van der Waals surface area contributed by atoms with Crippen LogP contribution in [0.5, 0.6) is 0 Å². The predicted octanol–water partition coefficient (Wildman–Crippen LogP) is 2.42. The van der Waals surface area contributed by atoms with Gasteiger partial charge < -0.3 is 19.1 Å². The number of anilines is 2. The maximum absolute atomic E-state index is 13.7. The van der Waals surface area contributed by atoms with E-state index in [1.807, 2.05) is 14.1 Å². The van der Waals surface area contributed by atoms with E-state index < -0.39 is 45.8 Å². The first-order valence-corrected chi connectivity index (χ1v) is 16.8. The van der Waals surface area contributed by atoms with Gasteiger partial charge in [-0.3, -0.25) is 4.90 Å². The number of rotatable bonds is 7. The first-order valence-electron chi connectivity index (χ1n) is 15.0. The van der Waals surface area contributed by atoms with E-state index in [2.05, 4.69) is 16.3 Å². The van der Waals surface area contributed by atoms with E-state index in [9.17, 15) is 36.4 Å². The maximum Gasteiger partial charge on any atom is 0.416 e. The van der Waals surface area contributed by atoms with E-state index in [4.69, 9.17) is 14.6 Å². The number of methoxy groups -OCH3 is 1. The Morgan fingerprint density at radius 3 is 2.45 bits per heavy atom. The molecule has 1 fully saturated rings. The molecule has 0 aliphatic carbocycles. The van der Waals surface area contributed by atoms with E-state index in [1.165, 1.54) is 28.7 Å². The van der Waals surface area contributed by atoms with Gasteiger partial charge in [0.25, 0.3) is 0 Å². The number of esters is 1. The van der Waals surface area contributed by atoms with Gasteiger partial charge in [-0.1, -0.05) is 12.1 Å². The molecular weight excluding hydrogens is 669 g/mol. The number of sulfone groups is 1. The van der Waals surface area contributed by atoms with Crippen LogP contribution in [0.2, 0.25) is 0 Å². The van der Waals surface area contributed by atoms with E-state index >= 15 is 0 Å². The van der Waals surface area contributed by atoms with Crippen molar-refractivity contribution >= 4 is 33.9 Å². The molecule has 1 aromatic heterocycles. The molecule has 0 spiro atoms. The summed E-state index contributed by atoms with van der Waals surface area (Å²) in [5.74, 6) is -0.406. The maximum atomic E-state index is 13.7. The number of ether oxygens (including phenoxy) is 1. The van der Waals surface area contributed by atoms with Crippen molar-refractivity contribution in [1.82, 2.24) is 14.8 Å². The Bertz CT molecular complexity index is 1960. The average molecular weight is 705 g/mol. The summed E-state index contributed by atoms with van der Waals surface area (Å²) in [5.41, 5.74) is 0.110. The van der Waals surface area contributed by atoms with Crippen LogP contribution >= 0.6 is 0 Å². The number of nitrogens with one attached hydrogen (secondary N) is 1. The van der Waals surface area contributed by atoms with Crippen molar-refractivity contribution in [3.05, 3.63) is 86.5 Å². The Labute approximate surface area is 280 Å². The highest BCUT2D eigenvalue weighted by atomic mass is 32.2. The van der Waals surface area contributed by atoms with Crippen molar-refractivity contribution in [2.45, 2.75) is 38.5 Å². The molecule has 3 heterocycles. The van der Waals surface area contributed by atoms with Crippen LogP contribution in [0.25, 0.3) is 0 Å². The van der Waals surface area contributed by atoms with Crippen LogP contribution in [0.15, 0.2) is 58.5 Å². The molecule has 1 N–H and O–H groups in total. The third-order valence-corrected chi connectivity index (χ3v) is 10.3. The summed E-state index contributed by atoms with van der Waals surface area (Å²) < 4.78 is 71.8. The molecule has 0 unspecified atom stereocenters. The molecule has 2 aliphatic heterocycles. The van der Waals surface area contributed by atoms with Crippen LogP contribution in [-0.4, -0.2) is 79.4 Å². The minimum absolute atomic E-state index is 0.00432. The number of hydrogen-bond donors (Lipinski definition) is 1. The van der Waals surface area contributed by atoms with Crippen LogP contribution in [0, 0.1) is 17.2 Å². The fraction of sp³-hybridized carbons (Fsp3) is 0.406. The molecule has 5 rings (SSSR count). The van der Waals surface area contributed by atoms with Crippen molar-refractivity contribution in [2.75, 3.05) is 44.2 Å². The number of allylic oxidation sites excluding steroid dienone is 1. The Morgan fingerprint density at radius 2 is 1.86 bits per heavy atom. The second kappa shape index (κ2) is 14.3. The highest BCUT2D eigenvalue weighted by molar-refractivity contribution is 7.91. The summed E-state index contributed by atoms with van der Waals surface area (Å²) in [6.45, 7) is 2.05. The number of carbonyl (C=O) groups is 2. The summed E-state index contributed by atoms with van der Waals surface area (Å²) in [6.07, 6.45) is -3.55. The lowest BCUT2D eigenvalue weighted by Gasteiger charge is -2.38. The van der Waals surface area contributed by atoms with Crippen LogP contribution < -0.4 is 15.7 Å². The fourth-order valence-electron chi connectivity index (χ4n) is 6.50. The quantitative estimate of drug-likeness (QED) is 0.218. The van der Waals surface area contributed by atoms with Crippen molar-refractivity contribution in [1.29, 1.82) is 5.26 Å². The number of nitriles is 1. The SMILES string of the molecule is COC(=O)C1=C(C)N(c2cccc(C(F)(F)F)c2)c2n[nH]c(=O)n2[C@@H]1c1ccc(C#N)cc1C[N+](C)(C)CC1CCS(=O)(=O)CC1.O=C[O-]. The molecule has 2 aliphatic rings. The number of quaternary nitrogens is 1. The zero-order valence-corrected chi connectivity index (χ0v) is 28.0. The van der Waals surface area contributed by atoms with Crippen molar-refractivity contribution in [3.63, 3.8) is 0 Å². The zero-order chi connectivity index (χ0) is 36.3. The lowest BCUT2D eigenvalue weighted by Crippen LogP contribution is -2.45. The minimum Gasteiger partial charge on any atom is -0.554 e. The number of hydrogen-bond acceptors (Lipinski definition) is 10. The number of alkyl halides is 3. The molecule has 262 valence electrons. The Kier molecular flexibility index (Phi) is 10.7. The van der Waals surface area contributed by atoms with Gasteiger partial charge in [0, 0.05) is 29.3 Å². The summed E-state index contributed by atoms with van der Waals surface area (Å²) in [7, 11) is 2.11. The van der Waals surface area contributed by atoms with Gasteiger partial charge in [-0.05, 0) is 55.7 Å². The van der Waals surface area contributed by atoms with Gasteiger partial charge in [0.2, 0.25) is 5.95 Å². The molecule has 13 nitrogen and oxygen atoms in total. The number of fused-ring (bicyclic) bond motifs is 1. The number of carbonyl (C=O) groups excluding carboxylic acids is 2. The molecule has 3 aromatic rings. The van der Waals surface area contributed by atoms with Crippen LogP contribution in [-0.2, 0) is 36.9 Å². The van der Waals surface area contributed by atoms with E-state index in [1.54, 1.807) is 25.1 Å². The molecule has 1 saturated heterocycles. The standard InChI is InChI=1S/C31H33F3N6O5S.CH2O2/c1-19-26(28(41)45-4)27(39-29(36-37-30(39)42)38(19)24-7-5-6-23(15-24)31(32,33)34)25-9-8-21(16-35)14-22(25)18-40(2,3)17-20-10-12-46(43,44)13-11-20;2-1-3/h5-9,14-15,20,27H,10-13,17-18H2,1-4H3;1H,(H,2,3)/t27-;/m1./s1. The normalized spacial score (nSPS) is 17.8. The monoisotopic (exact) mass is 704 g/mol. The average Bonchev–Trinajstić information content (AvgIpc) is 3.41. The number of benzene rings is 2. The molecule has 0 amide bonds. The summed E-state index contributed by atoms with van der Waals surface area (Å²) in [5, 5.41) is 24.5. The van der Waals surface area contributed by atoms with E-state index in [-0.39, 0.29) is 40.3 Å². The number of aromatic nitrogens is 3. The molecule has 0 radical (unpaired) electrons. The van der Waals surface area contributed by atoms with Gasteiger partial charge in [0.15, 0.2) is 0 Å². The van der Waals surface area contributed by atoms with Crippen molar-refractivity contribution < 1.29 is 45.5 Å². The topological polar surface area (TPSA) is 178 Å². The largest absolute Gasteiger partial charge is 0.554 e. The highest BCUT2D eigenvalue weighted by Gasteiger charge is 2.42. The van der Waals surface area contributed by atoms with Crippen molar-refractivity contribution in [3.8, 4) is 6.07 Å². The Hall–Kier alpha value is -4.95. The Balaban J connectivity index is 0.00000174. The smallest absolute Gasteiger partial charge is 0.416 e. The third-order valence-electron chi connectivity index (χ3n) is 8.57. The fourth-order valence-corrected chi connectivity index (χ4v) is 8.09. The van der Waals surface area contributed by atoms with Gasteiger partial charge >= 0.3 is 17.8 Å². The summed E-state index contributed by atoms with van der Waals surface area (Å²) in [6, 6.07) is 10.4. The Morgan fingerprint density at radius 1 is 1.20 bits per heavy atom. The van der Waals surface area contributed by atoms with Gasteiger partial charge in [-0.15, -0.1) is 5.10 Å². The minimum atomic E-state index is -4.64. The number of carboxylic acid groups (broad SMARTS) is 1. The molecular formula is C32H35F3N6O7S. The lowest BCUT2D eigenvalue weighted by atomic mass is 9.89. The molecule has 2 aromatic carbocycles. The van der Waals surface area contributed by atoms with Gasteiger partial charge in [0.05, 0.1) is 62.0 Å². The molecule has 17 heteroatoms. The van der Waals surface area contributed by atoms with E-state index in [0.717, 1.165) is 12.1 Å². The lowest BCUT2D eigenvalue weighted by molar-refractivity contribution is -0.907. The zero-order valence-electron chi connectivity index (χ0n) is 27.2. The van der Waals surface area contributed by atoms with Crippen molar-refractivity contribution in [2.24, 2.45) is 5.92 Å². The summed E-state index contributed by atoms with van der Waals surface area (Å²) >= 11 is 0. The molecule has 0 saturated carbocycles. The third kappa shape index (κ3) is 8.03. The summed E-state index contributed by atoms with van der Waals surface area (Å²) in [4.78, 5) is 36.5. The van der Waals surface area contributed by atoms with Gasteiger partial charge in [-0.2, -0.15) is 18.4 Å². The van der Waals surface area contributed by atoms with Gasteiger partial charge in [0.1, 0.15) is 22.4 Å².